The van der Waals surface area contributed by atoms with Crippen LogP contribution in [0.25, 0.3) is 0 Å². The molecule has 0 atom stereocenters. The summed E-state index contributed by atoms with van der Waals surface area (Å²) >= 11 is 5.85. The van der Waals surface area contributed by atoms with Crippen molar-refractivity contribution >= 4 is 17.9 Å². The molecule has 19 heavy (non-hydrogen) atoms. The van der Waals surface area contributed by atoms with Crippen LogP contribution in [-0.4, -0.2) is 17.8 Å². The molecule has 2 rings (SSSR count). The molecule has 1 aromatic rings. The van der Waals surface area contributed by atoms with Crippen molar-refractivity contribution < 1.29 is 9.72 Å². The minimum absolute atomic E-state index is 0.0985. The monoisotopic (exact) mass is 283 g/mol. The lowest BCUT2D eigenvalue weighted by Crippen LogP contribution is -1.99. The van der Waals surface area contributed by atoms with Gasteiger partial charge in [-0.2, -0.15) is 0 Å². The highest BCUT2D eigenvalue weighted by atomic mass is 35.5. The van der Waals surface area contributed by atoms with E-state index in [9.17, 15) is 14.9 Å². The van der Waals surface area contributed by atoms with Gasteiger partial charge in [-0.25, -0.2) is 0 Å². The highest BCUT2D eigenvalue weighted by Crippen LogP contribution is 2.32. The average molecular weight is 284 g/mol. The molecule has 0 bridgehead atoms. The predicted octanol–water partition coefficient (Wildman–Crippen LogP) is 3.53. The first kappa shape index (κ1) is 15.6. The van der Waals surface area contributed by atoms with Crippen LogP contribution >= 0.6 is 11.6 Å². The zero-order valence-electron chi connectivity index (χ0n) is 10.8. The smallest absolute Gasteiger partial charge is 0.204 e. The lowest BCUT2D eigenvalue weighted by atomic mass is 10.1. The number of aldehydes is 1. The van der Waals surface area contributed by atoms with Crippen LogP contribution < -0.4 is 0 Å². The van der Waals surface area contributed by atoms with Crippen molar-refractivity contribution in [2.45, 2.75) is 32.1 Å². The van der Waals surface area contributed by atoms with Crippen molar-refractivity contribution in [1.82, 2.24) is 0 Å². The third-order valence-corrected chi connectivity index (χ3v) is 3.01. The zero-order valence-corrected chi connectivity index (χ0v) is 11.5. The Kier molecular flexibility index (Phi) is 7.11. The zero-order chi connectivity index (χ0) is 14.1. The molecule has 1 aliphatic rings. The number of hydrogen-bond acceptors (Lipinski definition) is 3. The Hall–Kier alpha value is -1.42. The van der Waals surface area contributed by atoms with Crippen molar-refractivity contribution in [3.63, 3.8) is 0 Å². The molecule has 0 saturated heterocycles. The molecule has 104 valence electrons. The van der Waals surface area contributed by atoms with E-state index >= 15 is 0 Å². The van der Waals surface area contributed by atoms with Crippen LogP contribution in [0.2, 0.25) is 5.02 Å². The number of carbonyl (C=O) groups excluding carboxylic acids is 1. The van der Waals surface area contributed by atoms with Gasteiger partial charge in [0.25, 0.3) is 0 Å². The fourth-order valence-corrected chi connectivity index (χ4v) is 1.84. The van der Waals surface area contributed by atoms with Gasteiger partial charge in [0, 0.05) is 22.8 Å². The maximum Gasteiger partial charge on any atom is 0.204 e. The molecule has 0 radical (unpaired) electrons. The summed E-state index contributed by atoms with van der Waals surface area (Å²) in [4.78, 5) is 18.7. The molecular formula is C14H18ClNO3. The molecule has 1 aromatic carbocycles. The molecule has 0 unspecified atom stereocenters. The van der Waals surface area contributed by atoms with E-state index in [1.54, 1.807) is 0 Å². The van der Waals surface area contributed by atoms with E-state index in [0.717, 1.165) is 10.9 Å². The number of nitrogens with zero attached hydrogens (tertiary/aromatic N) is 1. The van der Waals surface area contributed by atoms with E-state index in [2.05, 4.69) is 12.1 Å². The molecule has 5 heteroatoms. The highest BCUT2D eigenvalue weighted by molar-refractivity contribution is 6.30. The summed E-state index contributed by atoms with van der Waals surface area (Å²) in [5, 5.41) is 10.4. The van der Waals surface area contributed by atoms with Gasteiger partial charge < -0.3 is 4.79 Å². The molecule has 0 amide bonds. The minimum Gasteiger partial charge on any atom is -0.303 e. The van der Waals surface area contributed by atoms with Crippen molar-refractivity contribution in [3.8, 4) is 0 Å². The maximum absolute atomic E-state index is 9.56. The first-order chi connectivity index (χ1) is 9.11. The Labute approximate surface area is 117 Å². The summed E-state index contributed by atoms with van der Waals surface area (Å²) in [5.74, 6) is 0.952. The molecule has 1 saturated carbocycles. The Bertz CT molecular complexity index is 419. The van der Waals surface area contributed by atoms with E-state index < -0.39 is 4.92 Å². The predicted molar refractivity (Wildman–Crippen MR) is 75.0 cm³/mol. The Morgan fingerprint density at radius 1 is 1.42 bits per heavy atom. The molecule has 1 aliphatic carbocycles. The van der Waals surface area contributed by atoms with Gasteiger partial charge in [-0.15, -0.1) is 0 Å². The number of carbonyl (C=O) groups is 1. The van der Waals surface area contributed by atoms with Crippen LogP contribution in [0, 0.1) is 16.0 Å². The number of halogens is 1. The SMILES string of the molecule is Clc1cccc(CC2CC2)c1.O=CCCC[N+](=O)[O-]. The van der Waals surface area contributed by atoms with Gasteiger partial charge >= 0.3 is 0 Å². The van der Waals surface area contributed by atoms with E-state index in [1.165, 1.54) is 24.8 Å². The lowest BCUT2D eigenvalue weighted by Gasteiger charge is -1.98. The number of rotatable bonds is 6. The molecule has 0 N–H and O–H groups in total. The summed E-state index contributed by atoms with van der Waals surface area (Å²) in [5.41, 5.74) is 1.39. The van der Waals surface area contributed by atoms with Crippen LogP contribution in [0.4, 0.5) is 0 Å². The van der Waals surface area contributed by atoms with Crippen LogP contribution in [0.3, 0.4) is 0 Å². The summed E-state index contributed by atoms with van der Waals surface area (Å²) in [6, 6.07) is 8.18. The van der Waals surface area contributed by atoms with E-state index in [-0.39, 0.29) is 6.54 Å². The quantitative estimate of drug-likeness (QED) is 0.347. The lowest BCUT2D eigenvalue weighted by molar-refractivity contribution is -0.480. The van der Waals surface area contributed by atoms with Gasteiger partial charge in [-0.3, -0.25) is 10.1 Å². The number of unbranched alkanes of at least 4 members (excludes halogenated alkanes) is 1. The van der Waals surface area contributed by atoms with Crippen molar-refractivity contribution in [2.24, 2.45) is 5.92 Å². The van der Waals surface area contributed by atoms with Gasteiger partial charge in [-0.1, -0.05) is 23.7 Å². The third-order valence-electron chi connectivity index (χ3n) is 2.77. The van der Waals surface area contributed by atoms with E-state index in [0.29, 0.717) is 19.1 Å². The van der Waals surface area contributed by atoms with Crippen LogP contribution in [0.1, 0.15) is 31.2 Å². The number of nitro groups is 1. The summed E-state index contributed by atoms with van der Waals surface area (Å²) in [6.45, 7) is -0.0985. The second kappa shape index (κ2) is 8.64. The molecule has 0 aromatic heterocycles. The van der Waals surface area contributed by atoms with Gasteiger partial charge in [0.2, 0.25) is 6.54 Å². The second-order valence-electron chi connectivity index (χ2n) is 4.64. The number of hydrogen-bond donors (Lipinski definition) is 0. The molecular weight excluding hydrogens is 266 g/mol. The van der Waals surface area contributed by atoms with E-state index in [4.69, 9.17) is 11.6 Å². The molecule has 4 nitrogen and oxygen atoms in total. The largest absolute Gasteiger partial charge is 0.303 e. The second-order valence-corrected chi connectivity index (χ2v) is 5.08. The molecule has 1 fully saturated rings. The topological polar surface area (TPSA) is 60.2 Å². The Morgan fingerprint density at radius 2 is 2.16 bits per heavy atom. The minimum atomic E-state index is -0.427. The van der Waals surface area contributed by atoms with Crippen molar-refractivity contribution in [3.05, 3.63) is 45.0 Å². The summed E-state index contributed by atoms with van der Waals surface area (Å²) < 4.78 is 0. The third kappa shape index (κ3) is 8.32. The fourth-order valence-electron chi connectivity index (χ4n) is 1.62. The first-order valence-electron chi connectivity index (χ1n) is 6.41. The Balaban J connectivity index is 0.000000203. The Morgan fingerprint density at radius 3 is 2.68 bits per heavy atom. The summed E-state index contributed by atoms with van der Waals surface area (Å²) in [6.07, 6.45) is 5.38. The van der Waals surface area contributed by atoms with Crippen LogP contribution in [-0.2, 0) is 11.2 Å². The fraction of sp³-hybridized carbons (Fsp3) is 0.500. The standard InChI is InChI=1S/C10H11Cl.C4H7NO3/c11-10-3-1-2-9(7-10)6-8-4-5-8;6-4-2-1-3-5(7)8/h1-3,7-8H,4-6H2;4H,1-3H2. The highest BCUT2D eigenvalue weighted by Gasteiger charge is 2.21. The normalized spacial score (nSPS) is 13.3. The van der Waals surface area contributed by atoms with Crippen molar-refractivity contribution in [2.75, 3.05) is 6.54 Å². The van der Waals surface area contributed by atoms with Gasteiger partial charge in [0.05, 0.1) is 0 Å². The molecule has 0 spiro atoms. The van der Waals surface area contributed by atoms with Crippen LogP contribution in [0.15, 0.2) is 24.3 Å². The van der Waals surface area contributed by atoms with Gasteiger partial charge in [0.1, 0.15) is 6.29 Å². The maximum atomic E-state index is 9.56. The van der Waals surface area contributed by atoms with Crippen LogP contribution in [0.5, 0.6) is 0 Å². The van der Waals surface area contributed by atoms with Gasteiger partial charge in [0.15, 0.2) is 0 Å². The van der Waals surface area contributed by atoms with E-state index in [1.807, 2.05) is 12.1 Å². The van der Waals surface area contributed by atoms with Crippen molar-refractivity contribution in [1.29, 1.82) is 0 Å². The molecule has 0 aliphatic heterocycles. The first-order valence-corrected chi connectivity index (χ1v) is 6.79. The van der Waals surface area contributed by atoms with Gasteiger partial charge in [-0.05, 0) is 42.9 Å². The number of benzene rings is 1. The average Bonchev–Trinajstić information content (AvgIpc) is 3.14. The summed E-state index contributed by atoms with van der Waals surface area (Å²) in [7, 11) is 0. The molecule has 0 heterocycles.